The molecule has 0 aromatic heterocycles. The number of hydrogen-bond acceptors (Lipinski definition) is 3. The molecule has 0 atom stereocenters. The van der Waals surface area contributed by atoms with Crippen LogP contribution < -0.4 is 10.1 Å². The van der Waals surface area contributed by atoms with Crippen molar-refractivity contribution in [3.8, 4) is 5.75 Å². The minimum atomic E-state index is -0.00107. The van der Waals surface area contributed by atoms with E-state index in [9.17, 15) is 0 Å². The van der Waals surface area contributed by atoms with E-state index in [4.69, 9.17) is 9.84 Å². The Balaban J connectivity index is 2.98. The maximum atomic E-state index is 8.83. The summed E-state index contributed by atoms with van der Waals surface area (Å²) in [5.74, 6) is 0.946. The van der Waals surface area contributed by atoms with Crippen LogP contribution in [0.4, 0.5) is 0 Å². The third-order valence-electron chi connectivity index (χ3n) is 3.12. The molecule has 0 spiro atoms. The van der Waals surface area contributed by atoms with Crippen LogP contribution in [0.2, 0.25) is 0 Å². The van der Waals surface area contributed by atoms with Crippen molar-refractivity contribution in [2.45, 2.75) is 32.6 Å². The van der Waals surface area contributed by atoms with Gasteiger partial charge in [-0.1, -0.05) is 32.9 Å². The van der Waals surface area contributed by atoms with E-state index in [-0.39, 0.29) is 12.1 Å². The largest absolute Gasteiger partial charge is 0.496 e. The van der Waals surface area contributed by atoms with E-state index in [0.29, 0.717) is 0 Å². The Hall–Kier alpha value is -1.06. The van der Waals surface area contributed by atoms with Gasteiger partial charge in [-0.15, -0.1) is 0 Å². The van der Waals surface area contributed by atoms with Gasteiger partial charge in [0.15, 0.2) is 0 Å². The Labute approximate surface area is 104 Å². The quantitative estimate of drug-likeness (QED) is 0.744. The summed E-state index contributed by atoms with van der Waals surface area (Å²) in [5, 5.41) is 11.8. The molecule has 0 unspecified atom stereocenters. The summed E-state index contributed by atoms with van der Waals surface area (Å²) in [6.07, 6.45) is 0.959. The van der Waals surface area contributed by atoms with Crippen LogP contribution in [-0.2, 0) is 11.8 Å². The van der Waals surface area contributed by atoms with Gasteiger partial charge in [-0.05, 0) is 23.6 Å². The van der Waals surface area contributed by atoms with Crippen molar-refractivity contribution in [3.63, 3.8) is 0 Å². The molecule has 1 aromatic carbocycles. The first-order valence-electron chi connectivity index (χ1n) is 6.04. The van der Waals surface area contributed by atoms with Gasteiger partial charge >= 0.3 is 0 Å². The predicted molar refractivity (Wildman–Crippen MR) is 70.5 cm³/mol. The molecule has 0 saturated heterocycles. The third-order valence-corrected chi connectivity index (χ3v) is 3.12. The highest BCUT2D eigenvalue weighted by atomic mass is 16.5. The second-order valence-electron chi connectivity index (χ2n) is 4.85. The van der Waals surface area contributed by atoms with E-state index < -0.39 is 0 Å². The average Bonchev–Trinajstić information content (AvgIpc) is 2.35. The van der Waals surface area contributed by atoms with E-state index >= 15 is 0 Å². The lowest BCUT2D eigenvalue weighted by Crippen LogP contribution is -2.33. The molecule has 0 radical (unpaired) electrons. The zero-order chi connectivity index (χ0) is 12.9. The molecule has 1 rings (SSSR count). The fourth-order valence-corrected chi connectivity index (χ4v) is 1.95. The standard InChI is InChI=1S/C14H23NO2/c1-5-11-8-12(6-7-13(11)17-4)14(2,3)9-15-10-16/h6-8,15-16H,5,9-10H2,1-4H3. The predicted octanol–water partition coefficient (Wildman–Crippen LogP) is 2.07. The SMILES string of the molecule is CCc1cc(C(C)(C)CNCO)ccc1OC. The summed E-state index contributed by atoms with van der Waals surface area (Å²) < 4.78 is 5.33. The van der Waals surface area contributed by atoms with E-state index in [1.807, 2.05) is 6.07 Å². The average molecular weight is 237 g/mol. The maximum absolute atomic E-state index is 8.83. The topological polar surface area (TPSA) is 41.5 Å². The first-order chi connectivity index (χ1) is 8.05. The van der Waals surface area contributed by atoms with Gasteiger partial charge in [-0.25, -0.2) is 0 Å². The molecular formula is C14H23NO2. The molecule has 0 aliphatic heterocycles. The van der Waals surface area contributed by atoms with Crippen LogP contribution in [0.25, 0.3) is 0 Å². The number of hydrogen-bond donors (Lipinski definition) is 2. The molecule has 3 heteroatoms. The fraction of sp³-hybridized carbons (Fsp3) is 0.571. The van der Waals surface area contributed by atoms with Crippen LogP contribution in [0.15, 0.2) is 18.2 Å². The zero-order valence-corrected chi connectivity index (χ0v) is 11.2. The Bertz CT molecular complexity index is 361. The molecule has 17 heavy (non-hydrogen) atoms. The normalized spacial score (nSPS) is 11.6. The second-order valence-corrected chi connectivity index (χ2v) is 4.85. The molecule has 0 saturated carbocycles. The number of benzene rings is 1. The van der Waals surface area contributed by atoms with Crippen LogP contribution in [0.3, 0.4) is 0 Å². The summed E-state index contributed by atoms with van der Waals surface area (Å²) in [7, 11) is 1.70. The molecule has 3 nitrogen and oxygen atoms in total. The van der Waals surface area contributed by atoms with Crippen LogP contribution in [-0.4, -0.2) is 25.5 Å². The third kappa shape index (κ3) is 3.45. The van der Waals surface area contributed by atoms with Gasteiger partial charge in [0.2, 0.25) is 0 Å². The van der Waals surface area contributed by atoms with Crippen molar-refractivity contribution in [1.82, 2.24) is 5.32 Å². The molecular weight excluding hydrogens is 214 g/mol. The van der Waals surface area contributed by atoms with Crippen molar-refractivity contribution >= 4 is 0 Å². The van der Waals surface area contributed by atoms with Crippen LogP contribution >= 0.6 is 0 Å². The van der Waals surface area contributed by atoms with Crippen LogP contribution in [0, 0.1) is 0 Å². The van der Waals surface area contributed by atoms with Gasteiger partial charge in [0.25, 0.3) is 0 Å². The Morgan fingerprint density at radius 1 is 1.35 bits per heavy atom. The van der Waals surface area contributed by atoms with Crippen molar-refractivity contribution in [1.29, 1.82) is 0 Å². The summed E-state index contributed by atoms with van der Waals surface area (Å²) >= 11 is 0. The van der Waals surface area contributed by atoms with E-state index in [1.165, 1.54) is 11.1 Å². The molecule has 0 bridgehead atoms. The fourth-order valence-electron chi connectivity index (χ4n) is 1.95. The molecule has 0 aliphatic rings. The Morgan fingerprint density at radius 2 is 2.06 bits per heavy atom. The minimum Gasteiger partial charge on any atom is -0.496 e. The van der Waals surface area contributed by atoms with Gasteiger partial charge in [-0.3, -0.25) is 5.32 Å². The van der Waals surface area contributed by atoms with Crippen LogP contribution in [0.1, 0.15) is 31.9 Å². The molecule has 2 N–H and O–H groups in total. The summed E-state index contributed by atoms with van der Waals surface area (Å²) in [6, 6.07) is 6.31. The van der Waals surface area contributed by atoms with E-state index in [0.717, 1.165) is 18.7 Å². The number of rotatable bonds is 6. The van der Waals surface area contributed by atoms with Crippen LogP contribution in [0.5, 0.6) is 5.75 Å². The molecule has 0 aliphatic carbocycles. The van der Waals surface area contributed by atoms with Gasteiger partial charge in [0.05, 0.1) is 13.8 Å². The Morgan fingerprint density at radius 3 is 2.59 bits per heavy atom. The Kier molecular flexibility index (Phi) is 4.97. The second kappa shape index (κ2) is 6.03. The lowest BCUT2D eigenvalue weighted by molar-refractivity contribution is 0.247. The molecule has 0 amide bonds. The number of aliphatic hydroxyl groups excluding tert-OH is 1. The zero-order valence-electron chi connectivity index (χ0n) is 11.2. The number of aliphatic hydroxyl groups is 1. The minimum absolute atomic E-state index is 0.00107. The highest BCUT2D eigenvalue weighted by Gasteiger charge is 2.21. The lowest BCUT2D eigenvalue weighted by atomic mass is 9.83. The summed E-state index contributed by atoms with van der Waals surface area (Å²) in [6.45, 7) is 7.22. The van der Waals surface area contributed by atoms with Gasteiger partial charge in [0.1, 0.15) is 5.75 Å². The highest BCUT2D eigenvalue weighted by molar-refractivity contribution is 5.40. The smallest absolute Gasteiger partial charge is 0.122 e. The first kappa shape index (κ1) is 14.0. The number of aryl methyl sites for hydroxylation is 1. The van der Waals surface area contributed by atoms with E-state index in [2.05, 4.69) is 38.2 Å². The number of ether oxygens (including phenoxy) is 1. The maximum Gasteiger partial charge on any atom is 0.122 e. The molecule has 0 heterocycles. The molecule has 1 aromatic rings. The summed E-state index contributed by atoms with van der Waals surface area (Å²) in [4.78, 5) is 0. The van der Waals surface area contributed by atoms with Crippen molar-refractivity contribution in [2.24, 2.45) is 0 Å². The number of nitrogens with one attached hydrogen (secondary N) is 1. The molecule has 0 fully saturated rings. The monoisotopic (exact) mass is 237 g/mol. The van der Waals surface area contributed by atoms with Gasteiger partial charge < -0.3 is 9.84 Å². The first-order valence-corrected chi connectivity index (χ1v) is 6.04. The van der Waals surface area contributed by atoms with Crippen molar-refractivity contribution in [3.05, 3.63) is 29.3 Å². The number of methoxy groups -OCH3 is 1. The lowest BCUT2D eigenvalue weighted by Gasteiger charge is -2.26. The summed E-state index contributed by atoms with van der Waals surface area (Å²) in [5.41, 5.74) is 2.48. The molecule has 96 valence electrons. The van der Waals surface area contributed by atoms with Crippen molar-refractivity contribution in [2.75, 3.05) is 20.4 Å². The highest BCUT2D eigenvalue weighted by Crippen LogP contribution is 2.28. The van der Waals surface area contributed by atoms with Gasteiger partial charge in [-0.2, -0.15) is 0 Å². The van der Waals surface area contributed by atoms with Crippen molar-refractivity contribution < 1.29 is 9.84 Å². The van der Waals surface area contributed by atoms with Gasteiger partial charge in [0, 0.05) is 12.0 Å². The van der Waals surface area contributed by atoms with E-state index in [1.54, 1.807) is 7.11 Å².